The minimum atomic E-state index is -0.254. The molecule has 0 bridgehead atoms. The number of amides is 1. The van der Waals surface area contributed by atoms with Gasteiger partial charge in [0.2, 0.25) is 0 Å². The Hall–Kier alpha value is -2.06. The van der Waals surface area contributed by atoms with Crippen molar-refractivity contribution < 1.29 is 9.53 Å². The lowest BCUT2D eigenvalue weighted by Gasteiger charge is -2.27. The Kier molecular flexibility index (Phi) is 4.07. The van der Waals surface area contributed by atoms with Crippen molar-refractivity contribution in [1.82, 2.24) is 14.3 Å². The molecule has 0 atom stereocenters. The molecular formula is C13H15N5O2S. The standard InChI is InChI=1S/C13H15N5O2S/c1-9-6-12(21-17-9)16-13(19)10-7-11(15-8-14-10)18-2-4-20-5-3-18/h6-8H,2-5H2,1H3,(H,16,19). The van der Waals surface area contributed by atoms with Crippen LogP contribution in [0, 0.1) is 6.92 Å². The second-order valence-electron chi connectivity index (χ2n) is 4.65. The van der Waals surface area contributed by atoms with Crippen LogP contribution in [-0.4, -0.2) is 46.6 Å². The lowest BCUT2D eigenvalue weighted by Crippen LogP contribution is -2.37. The summed E-state index contributed by atoms with van der Waals surface area (Å²) in [5.74, 6) is 0.495. The monoisotopic (exact) mass is 305 g/mol. The van der Waals surface area contributed by atoms with E-state index < -0.39 is 0 Å². The number of carbonyl (C=O) groups excluding carboxylic acids is 1. The number of carbonyl (C=O) groups is 1. The van der Waals surface area contributed by atoms with Crippen LogP contribution in [0.15, 0.2) is 18.5 Å². The van der Waals surface area contributed by atoms with Gasteiger partial charge in [-0.25, -0.2) is 9.97 Å². The third-order valence-electron chi connectivity index (χ3n) is 3.09. The molecule has 0 unspecified atom stereocenters. The minimum absolute atomic E-state index is 0.254. The van der Waals surface area contributed by atoms with Crippen LogP contribution in [-0.2, 0) is 4.74 Å². The number of nitrogens with one attached hydrogen (secondary N) is 1. The van der Waals surface area contributed by atoms with Gasteiger partial charge in [0.15, 0.2) is 0 Å². The highest BCUT2D eigenvalue weighted by molar-refractivity contribution is 7.10. The van der Waals surface area contributed by atoms with Gasteiger partial charge in [-0.15, -0.1) is 0 Å². The van der Waals surface area contributed by atoms with Crippen molar-refractivity contribution in [2.75, 3.05) is 36.5 Å². The predicted octanol–water partition coefficient (Wildman–Crippen LogP) is 1.33. The fourth-order valence-corrected chi connectivity index (χ4v) is 2.69. The molecule has 1 fully saturated rings. The lowest BCUT2D eigenvalue weighted by atomic mass is 10.3. The van der Waals surface area contributed by atoms with Crippen LogP contribution in [0.1, 0.15) is 16.2 Å². The highest BCUT2D eigenvalue weighted by atomic mass is 32.1. The third kappa shape index (κ3) is 3.34. The van der Waals surface area contributed by atoms with Crippen LogP contribution in [0.2, 0.25) is 0 Å². The maximum Gasteiger partial charge on any atom is 0.275 e. The van der Waals surface area contributed by atoms with E-state index in [1.165, 1.54) is 17.9 Å². The zero-order valence-corrected chi connectivity index (χ0v) is 12.4. The molecule has 0 spiro atoms. The van der Waals surface area contributed by atoms with Gasteiger partial charge < -0.3 is 15.0 Å². The topological polar surface area (TPSA) is 80.2 Å². The van der Waals surface area contributed by atoms with Gasteiger partial charge in [0, 0.05) is 19.2 Å². The van der Waals surface area contributed by atoms with Gasteiger partial charge in [-0.2, -0.15) is 4.37 Å². The van der Waals surface area contributed by atoms with E-state index in [1.54, 1.807) is 6.07 Å². The van der Waals surface area contributed by atoms with Crippen molar-refractivity contribution in [3.63, 3.8) is 0 Å². The van der Waals surface area contributed by atoms with Crippen molar-refractivity contribution in [2.24, 2.45) is 0 Å². The molecule has 1 aliphatic rings. The Morgan fingerprint density at radius 3 is 2.86 bits per heavy atom. The fourth-order valence-electron chi connectivity index (χ4n) is 2.04. The van der Waals surface area contributed by atoms with Crippen LogP contribution < -0.4 is 10.2 Å². The molecule has 0 radical (unpaired) electrons. The van der Waals surface area contributed by atoms with Gasteiger partial charge in [-0.05, 0) is 24.5 Å². The zero-order valence-electron chi connectivity index (χ0n) is 11.6. The van der Waals surface area contributed by atoms with E-state index in [0.29, 0.717) is 23.9 Å². The third-order valence-corrected chi connectivity index (χ3v) is 3.88. The van der Waals surface area contributed by atoms with Gasteiger partial charge in [0.1, 0.15) is 22.8 Å². The van der Waals surface area contributed by atoms with Gasteiger partial charge in [-0.1, -0.05) is 0 Å². The van der Waals surface area contributed by atoms with Crippen LogP contribution in [0.4, 0.5) is 10.8 Å². The summed E-state index contributed by atoms with van der Waals surface area (Å²) in [6, 6.07) is 3.53. The fraction of sp³-hybridized carbons (Fsp3) is 0.385. The Labute approximate surface area is 126 Å². The molecule has 1 amide bonds. The number of ether oxygens (including phenoxy) is 1. The number of rotatable bonds is 3. The number of hydrogen-bond acceptors (Lipinski definition) is 7. The number of nitrogens with zero attached hydrogens (tertiary/aromatic N) is 4. The smallest absolute Gasteiger partial charge is 0.275 e. The molecule has 0 aromatic carbocycles. The summed E-state index contributed by atoms with van der Waals surface area (Å²) >= 11 is 1.25. The predicted molar refractivity (Wildman–Crippen MR) is 79.9 cm³/mol. The Balaban J connectivity index is 1.74. The van der Waals surface area contributed by atoms with E-state index in [9.17, 15) is 4.79 Å². The number of aryl methyl sites for hydroxylation is 1. The first-order valence-electron chi connectivity index (χ1n) is 6.62. The average molecular weight is 305 g/mol. The van der Waals surface area contributed by atoms with E-state index in [2.05, 4.69) is 24.6 Å². The molecule has 0 saturated carbocycles. The minimum Gasteiger partial charge on any atom is -0.378 e. The van der Waals surface area contributed by atoms with Crippen molar-refractivity contribution in [1.29, 1.82) is 0 Å². The van der Waals surface area contributed by atoms with E-state index in [1.807, 2.05) is 13.0 Å². The summed E-state index contributed by atoms with van der Waals surface area (Å²) in [5, 5.41) is 3.50. The molecule has 3 rings (SSSR count). The normalized spacial score (nSPS) is 15.0. The summed E-state index contributed by atoms with van der Waals surface area (Å²) in [6.07, 6.45) is 1.41. The van der Waals surface area contributed by atoms with Crippen LogP contribution >= 0.6 is 11.5 Å². The Bertz CT molecular complexity index is 639. The van der Waals surface area contributed by atoms with Gasteiger partial charge >= 0.3 is 0 Å². The van der Waals surface area contributed by atoms with E-state index in [-0.39, 0.29) is 5.91 Å². The van der Waals surface area contributed by atoms with E-state index >= 15 is 0 Å². The molecule has 2 aromatic heterocycles. The number of anilines is 2. The molecule has 110 valence electrons. The summed E-state index contributed by atoms with van der Waals surface area (Å²) in [7, 11) is 0. The molecule has 1 aliphatic heterocycles. The van der Waals surface area contributed by atoms with Crippen molar-refractivity contribution in [3.8, 4) is 0 Å². The lowest BCUT2D eigenvalue weighted by molar-refractivity contribution is 0.102. The van der Waals surface area contributed by atoms with Gasteiger partial charge in [0.25, 0.3) is 5.91 Å². The van der Waals surface area contributed by atoms with Crippen LogP contribution in [0.3, 0.4) is 0 Å². The maximum atomic E-state index is 12.2. The van der Waals surface area contributed by atoms with Gasteiger partial charge in [-0.3, -0.25) is 4.79 Å². The van der Waals surface area contributed by atoms with E-state index in [4.69, 9.17) is 4.74 Å². The highest BCUT2D eigenvalue weighted by Crippen LogP contribution is 2.17. The average Bonchev–Trinajstić information content (AvgIpc) is 2.93. The molecule has 21 heavy (non-hydrogen) atoms. The number of aromatic nitrogens is 3. The van der Waals surface area contributed by atoms with Crippen LogP contribution in [0.25, 0.3) is 0 Å². The van der Waals surface area contributed by atoms with E-state index in [0.717, 1.165) is 24.6 Å². The molecule has 3 heterocycles. The molecule has 8 heteroatoms. The Morgan fingerprint density at radius 2 is 2.14 bits per heavy atom. The molecular weight excluding hydrogens is 290 g/mol. The Morgan fingerprint density at radius 1 is 1.33 bits per heavy atom. The molecule has 7 nitrogen and oxygen atoms in total. The number of hydrogen-bond donors (Lipinski definition) is 1. The molecule has 2 aromatic rings. The number of morpholine rings is 1. The summed E-state index contributed by atoms with van der Waals surface area (Å²) in [6.45, 7) is 4.77. The zero-order chi connectivity index (χ0) is 14.7. The largest absolute Gasteiger partial charge is 0.378 e. The van der Waals surface area contributed by atoms with Crippen molar-refractivity contribution in [2.45, 2.75) is 6.92 Å². The van der Waals surface area contributed by atoms with Gasteiger partial charge in [0.05, 0.1) is 18.9 Å². The molecule has 0 aliphatic carbocycles. The first kappa shape index (κ1) is 13.9. The molecule has 1 saturated heterocycles. The van der Waals surface area contributed by atoms with Crippen molar-refractivity contribution in [3.05, 3.63) is 29.8 Å². The van der Waals surface area contributed by atoms with Crippen molar-refractivity contribution >= 4 is 28.3 Å². The summed E-state index contributed by atoms with van der Waals surface area (Å²) in [5.41, 5.74) is 1.23. The SMILES string of the molecule is Cc1cc(NC(=O)c2cc(N3CCOCC3)ncn2)sn1. The molecule has 1 N–H and O–H groups in total. The summed E-state index contributed by atoms with van der Waals surface area (Å²) < 4.78 is 9.44. The first-order valence-corrected chi connectivity index (χ1v) is 7.39. The first-order chi connectivity index (χ1) is 10.2. The maximum absolute atomic E-state index is 12.2. The van der Waals surface area contributed by atoms with Crippen LogP contribution in [0.5, 0.6) is 0 Å². The summed E-state index contributed by atoms with van der Waals surface area (Å²) in [4.78, 5) is 22.5. The second kappa shape index (κ2) is 6.15. The quantitative estimate of drug-likeness (QED) is 0.921. The second-order valence-corrected chi connectivity index (χ2v) is 5.45. The highest BCUT2D eigenvalue weighted by Gasteiger charge is 2.16.